The number of esters is 1. The number of carbonyl (C=O) groups excluding carboxylic acids is 3. The van der Waals surface area contributed by atoms with E-state index in [0.717, 1.165) is 12.8 Å². The predicted molar refractivity (Wildman–Crippen MR) is 113 cm³/mol. The largest absolute Gasteiger partial charge is 0.448 e. The number of hydrogen-bond acceptors (Lipinski definition) is 6. The van der Waals surface area contributed by atoms with Crippen molar-refractivity contribution in [3.8, 4) is 0 Å². The molecule has 3 rings (SSSR count). The number of nitrogens with zero attached hydrogens (tertiary/aromatic N) is 2. The average Bonchev–Trinajstić information content (AvgIpc) is 3.38. The number of aryl methyl sites for hydroxylation is 1. The maximum atomic E-state index is 12.7. The van der Waals surface area contributed by atoms with Crippen LogP contribution in [-0.4, -0.2) is 54.1 Å². The first-order chi connectivity index (χ1) is 14.6. The van der Waals surface area contributed by atoms with Crippen LogP contribution in [0.4, 0.5) is 5.69 Å². The number of benzene rings is 1. The first-order valence-corrected chi connectivity index (χ1v) is 11.3. The van der Waals surface area contributed by atoms with Crippen molar-refractivity contribution in [3.05, 3.63) is 47.8 Å². The number of ketones is 1. The zero-order valence-corrected chi connectivity index (χ0v) is 18.4. The van der Waals surface area contributed by atoms with Crippen molar-refractivity contribution in [1.29, 1.82) is 0 Å². The van der Waals surface area contributed by atoms with E-state index in [9.17, 15) is 22.8 Å². The lowest BCUT2D eigenvalue weighted by molar-refractivity contribution is -0.123. The van der Waals surface area contributed by atoms with Crippen molar-refractivity contribution < 1.29 is 27.5 Å². The van der Waals surface area contributed by atoms with Crippen LogP contribution in [0, 0.1) is 0 Å². The molecule has 1 fully saturated rings. The van der Waals surface area contributed by atoms with Crippen molar-refractivity contribution in [2.45, 2.75) is 37.7 Å². The van der Waals surface area contributed by atoms with Crippen LogP contribution >= 0.6 is 0 Å². The van der Waals surface area contributed by atoms with E-state index < -0.39 is 28.0 Å². The van der Waals surface area contributed by atoms with Crippen LogP contribution < -0.4 is 5.32 Å². The molecule has 1 aliphatic heterocycles. The number of hydrogen-bond donors (Lipinski definition) is 1. The van der Waals surface area contributed by atoms with Crippen molar-refractivity contribution in [2.75, 3.05) is 18.4 Å². The van der Waals surface area contributed by atoms with Gasteiger partial charge in [0.05, 0.1) is 5.69 Å². The van der Waals surface area contributed by atoms with Crippen molar-refractivity contribution in [1.82, 2.24) is 8.87 Å². The molecule has 1 N–H and O–H groups in total. The van der Waals surface area contributed by atoms with Gasteiger partial charge in [-0.05, 0) is 44.9 Å². The molecule has 2 aromatic rings. The molecule has 10 heteroatoms. The first kappa shape index (κ1) is 22.7. The number of anilines is 1. The fraction of sp³-hybridized carbons (Fsp3) is 0.381. The molecule has 0 aliphatic carbocycles. The van der Waals surface area contributed by atoms with E-state index >= 15 is 0 Å². The lowest BCUT2D eigenvalue weighted by atomic mass is 10.1. The second-order valence-electron chi connectivity index (χ2n) is 7.42. The van der Waals surface area contributed by atoms with Gasteiger partial charge in [0.1, 0.15) is 10.6 Å². The molecule has 1 aromatic carbocycles. The monoisotopic (exact) mass is 447 g/mol. The Morgan fingerprint density at radius 1 is 1.13 bits per heavy atom. The Morgan fingerprint density at radius 2 is 1.77 bits per heavy atom. The average molecular weight is 448 g/mol. The molecule has 1 atom stereocenters. The summed E-state index contributed by atoms with van der Waals surface area (Å²) in [6, 6.07) is 7.77. The molecule has 0 spiro atoms. The van der Waals surface area contributed by atoms with Gasteiger partial charge in [0.15, 0.2) is 11.9 Å². The van der Waals surface area contributed by atoms with Crippen LogP contribution in [0.3, 0.4) is 0 Å². The summed E-state index contributed by atoms with van der Waals surface area (Å²) in [6.07, 6.45) is 1.81. The Morgan fingerprint density at radius 3 is 2.42 bits per heavy atom. The quantitative estimate of drug-likeness (QED) is 0.514. The summed E-state index contributed by atoms with van der Waals surface area (Å²) in [5, 5.41) is 2.58. The van der Waals surface area contributed by atoms with Gasteiger partial charge in [-0.1, -0.05) is 12.1 Å². The predicted octanol–water partition coefficient (Wildman–Crippen LogP) is 2.20. The van der Waals surface area contributed by atoms with E-state index in [2.05, 4.69) is 5.32 Å². The lowest BCUT2D eigenvalue weighted by Crippen LogP contribution is -2.31. The number of para-hydroxylation sites is 1. The van der Waals surface area contributed by atoms with Gasteiger partial charge in [-0.15, -0.1) is 0 Å². The third-order valence-corrected chi connectivity index (χ3v) is 6.97. The standard InChI is InChI=1S/C21H25N3O6S/c1-14(25)17-8-4-5-9-18(17)22-20(26)15(2)30-21(27)19-12-16(13-23(19)3)31(28,29)24-10-6-7-11-24/h4-5,8-9,12-13,15H,6-7,10-11H2,1-3H3,(H,22,26). The maximum absolute atomic E-state index is 12.7. The summed E-state index contributed by atoms with van der Waals surface area (Å²) >= 11 is 0. The van der Waals surface area contributed by atoms with Crippen LogP contribution in [0.1, 0.15) is 47.5 Å². The molecule has 1 aliphatic rings. The summed E-state index contributed by atoms with van der Waals surface area (Å²) in [5.41, 5.74) is 0.677. The molecule has 1 amide bonds. The van der Waals surface area contributed by atoms with E-state index in [4.69, 9.17) is 4.74 Å². The lowest BCUT2D eigenvalue weighted by Gasteiger charge is -2.15. The number of sulfonamides is 1. The molecule has 9 nitrogen and oxygen atoms in total. The van der Waals surface area contributed by atoms with E-state index in [1.54, 1.807) is 24.3 Å². The molecule has 1 aromatic heterocycles. The zero-order valence-electron chi connectivity index (χ0n) is 17.6. The van der Waals surface area contributed by atoms with Gasteiger partial charge in [-0.3, -0.25) is 9.59 Å². The first-order valence-electron chi connectivity index (χ1n) is 9.89. The van der Waals surface area contributed by atoms with E-state index in [1.165, 1.54) is 42.0 Å². The second kappa shape index (κ2) is 9.03. The molecule has 2 heterocycles. The van der Waals surface area contributed by atoms with Gasteiger partial charge < -0.3 is 14.6 Å². The number of nitrogens with one attached hydrogen (secondary N) is 1. The van der Waals surface area contributed by atoms with Crippen LogP contribution in [-0.2, 0) is 26.6 Å². The minimum absolute atomic E-state index is 0.0105. The Kier molecular flexibility index (Phi) is 6.61. The van der Waals surface area contributed by atoms with Gasteiger partial charge in [-0.2, -0.15) is 4.31 Å². The number of amides is 1. The summed E-state index contributed by atoms with van der Waals surface area (Å²) < 4.78 is 33.4. The van der Waals surface area contributed by atoms with Crippen molar-refractivity contribution >= 4 is 33.4 Å². The minimum atomic E-state index is -3.68. The molecule has 0 radical (unpaired) electrons. The Labute approximate surface area is 181 Å². The van der Waals surface area contributed by atoms with Gasteiger partial charge in [0, 0.05) is 31.9 Å². The number of carbonyl (C=O) groups is 3. The number of rotatable bonds is 7. The van der Waals surface area contributed by atoms with E-state index in [0.29, 0.717) is 24.3 Å². The second-order valence-corrected chi connectivity index (χ2v) is 9.36. The van der Waals surface area contributed by atoms with Gasteiger partial charge in [0.25, 0.3) is 5.91 Å². The third kappa shape index (κ3) is 4.86. The normalized spacial score (nSPS) is 15.5. The SMILES string of the molecule is CC(=O)c1ccccc1NC(=O)C(C)OC(=O)c1cc(S(=O)(=O)N2CCCC2)cn1C. The number of Topliss-reactive ketones (excluding diaryl/α,β-unsaturated/α-hetero) is 1. The highest BCUT2D eigenvalue weighted by atomic mass is 32.2. The number of aromatic nitrogens is 1. The van der Waals surface area contributed by atoms with Gasteiger partial charge in [0.2, 0.25) is 10.0 Å². The van der Waals surface area contributed by atoms with Crippen molar-refractivity contribution in [3.63, 3.8) is 0 Å². The molecule has 31 heavy (non-hydrogen) atoms. The molecule has 1 unspecified atom stereocenters. The van der Waals surface area contributed by atoms with E-state index in [1.807, 2.05) is 0 Å². The summed E-state index contributed by atoms with van der Waals surface area (Å²) in [7, 11) is -2.14. The third-order valence-electron chi connectivity index (χ3n) is 5.11. The summed E-state index contributed by atoms with van der Waals surface area (Å²) in [4.78, 5) is 36.8. The summed E-state index contributed by atoms with van der Waals surface area (Å²) in [5.74, 6) is -1.65. The van der Waals surface area contributed by atoms with Gasteiger partial charge in [-0.25, -0.2) is 13.2 Å². The summed E-state index contributed by atoms with van der Waals surface area (Å²) in [6.45, 7) is 3.69. The molecule has 0 bridgehead atoms. The van der Waals surface area contributed by atoms with Gasteiger partial charge >= 0.3 is 5.97 Å². The minimum Gasteiger partial charge on any atom is -0.448 e. The highest BCUT2D eigenvalue weighted by Crippen LogP contribution is 2.23. The molecular formula is C21H25N3O6S. The molecule has 1 saturated heterocycles. The fourth-order valence-corrected chi connectivity index (χ4v) is 4.95. The molecule has 0 saturated carbocycles. The Hall–Kier alpha value is -2.98. The molecule has 166 valence electrons. The van der Waals surface area contributed by atoms with Crippen LogP contribution in [0.25, 0.3) is 0 Å². The van der Waals surface area contributed by atoms with Crippen molar-refractivity contribution in [2.24, 2.45) is 7.05 Å². The van der Waals surface area contributed by atoms with E-state index in [-0.39, 0.29) is 16.4 Å². The van der Waals surface area contributed by atoms with Crippen LogP contribution in [0.15, 0.2) is 41.4 Å². The Bertz CT molecular complexity index is 1120. The Balaban J connectivity index is 1.71. The highest BCUT2D eigenvalue weighted by Gasteiger charge is 2.30. The van der Waals surface area contributed by atoms with Crippen LogP contribution in [0.5, 0.6) is 0 Å². The maximum Gasteiger partial charge on any atom is 0.355 e. The number of ether oxygens (including phenoxy) is 1. The van der Waals surface area contributed by atoms with Crippen LogP contribution in [0.2, 0.25) is 0 Å². The zero-order chi connectivity index (χ0) is 22.8. The topological polar surface area (TPSA) is 115 Å². The fourth-order valence-electron chi connectivity index (χ4n) is 3.36. The highest BCUT2D eigenvalue weighted by molar-refractivity contribution is 7.89. The smallest absolute Gasteiger partial charge is 0.355 e. The molecular weight excluding hydrogens is 422 g/mol.